The average molecular weight is 341 g/mol. The highest BCUT2D eigenvalue weighted by atomic mass is 16.5. The van der Waals surface area contributed by atoms with Gasteiger partial charge in [-0.15, -0.1) is 0 Å². The van der Waals surface area contributed by atoms with E-state index in [0.29, 0.717) is 36.5 Å². The van der Waals surface area contributed by atoms with Crippen LogP contribution in [-0.4, -0.2) is 25.5 Å². The van der Waals surface area contributed by atoms with Crippen LogP contribution < -0.4 is 21.1 Å². The largest absolute Gasteiger partial charge is 0.495 e. The molecule has 0 aliphatic carbocycles. The highest BCUT2D eigenvalue weighted by molar-refractivity contribution is 5.96. The first-order valence-corrected chi connectivity index (χ1v) is 8.14. The summed E-state index contributed by atoms with van der Waals surface area (Å²) in [7, 11) is 1.53. The number of carbonyl (C=O) groups excluding carboxylic acids is 2. The molecule has 0 atom stereocenters. The van der Waals surface area contributed by atoms with Crippen molar-refractivity contribution in [2.45, 2.75) is 19.3 Å². The fourth-order valence-corrected chi connectivity index (χ4v) is 2.35. The van der Waals surface area contributed by atoms with E-state index in [0.717, 1.165) is 5.56 Å². The second kappa shape index (κ2) is 9.44. The Kier molecular flexibility index (Phi) is 6.98. The van der Waals surface area contributed by atoms with E-state index in [1.54, 1.807) is 18.2 Å². The maximum absolute atomic E-state index is 12.2. The van der Waals surface area contributed by atoms with Gasteiger partial charge in [-0.2, -0.15) is 0 Å². The van der Waals surface area contributed by atoms with Crippen molar-refractivity contribution in [2.24, 2.45) is 5.73 Å². The Balaban J connectivity index is 2.04. The Morgan fingerprint density at radius 1 is 1.04 bits per heavy atom. The number of hydrogen-bond acceptors (Lipinski definition) is 4. The summed E-state index contributed by atoms with van der Waals surface area (Å²) in [4.78, 5) is 24.1. The lowest BCUT2D eigenvalue weighted by Crippen LogP contribution is -2.16. The van der Waals surface area contributed by atoms with Gasteiger partial charge in [0, 0.05) is 12.1 Å². The Morgan fingerprint density at radius 3 is 2.48 bits per heavy atom. The quantitative estimate of drug-likeness (QED) is 0.688. The number of nitrogens with one attached hydrogen (secondary N) is 2. The molecule has 0 saturated heterocycles. The molecule has 0 aromatic heterocycles. The zero-order valence-electron chi connectivity index (χ0n) is 14.2. The number of amides is 2. The normalized spacial score (nSPS) is 10.2. The van der Waals surface area contributed by atoms with Gasteiger partial charge in [-0.05, 0) is 36.7 Å². The van der Waals surface area contributed by atoms with Crippen LogP contribution in [0.15, 0.2) is 48.5 Å². The number of benzene rings is 2. The molecule has 0 unspecified atom stereocenters. The molecule has 6 heteroatoms. The first-order valence-electron chi connectivity index (χ1n) is 8.14. The molecule has 0 radical (unpaired) electrons. The van der Waals surface area contributed by atoms with E-state index in [9.17, 15) is 9.59 Å². The predicted molar refractivity (Wildman–Crippen MR) is 98.7 cm³/mol. The SMILES string of the molecule is COc1ccc(NC(=O)Cc2ccccc2)cc1NC(=O)CCCN. The molecule has 4 N–H and O–H groups in total. The number of rotatable bonds is 8. The molecule has 132 valence electrons. The smallest absolute Gasteiger partial charge is 0.228 e. The lowest BCUT2D eigenvalue weighted by Gasteiger charge is -2.13. The second-order valence-electron chi connectivity index (χ2n) is 5.57. The third-order valence-corrected chi connectivity index (χ3v) is 3.57. The van der Waals surface area contributed by atoms with Crippen molar-refractivity contribution in [1.29, 1.82) is 0 Å². The van der Waals surface area contributed by atoms with E-state index in [-0.39, 0.29) is 18.2 Å². The minimum atomic E-state index is -0.142. The Morgan fingerprint density at radius 2 is 1.80 bits per heavy atom. The maximum atomic E-state index is 12.2. The van der Waals surface area contributed by atoms with Gasteiger partial charge in [-0.3, -0.25) is 9.59 Å². The zero-order chi connectivity index (χ0) is 18.1. The van der Waals surface area contributed by atoms with Gasteiger partial charge in [0.2, 0.25) is 11.8 Å². The summed E-state index contributed by atoms with van der Waals surface area (Å²) in [6.45, 7) is 0.458. The molecule has 0 aliphatic rings. The fraction of sp³-hybridized carbons (Fsp3) is 0.263. The van der Waals surface area contributed by atoms with Crippen molar-refractivity contribution in [2.75, 3.05) is 24.3 Å². The first kappa shape index (κ1) is 18.5. The lowest BCUT2D eigenvalue weighted by atomic mass is 10.1. The standard InChI is InChI=1S/C19H23N3O3/c1-25-17-10-9-15(13-16(17)22-18(23)8-5-11-20)21-19(24)12-14-6-3-2-4-7-14/h2-4,6-7,9-10,13H,5,8,11-12,20H2,1H3,(H,21,24)(H,22,23). The maximum Gasteiger partial charge on any atom is 0.228 e. The van der Waals surface area contributed by atoms with Crippen LogP contribution in [0.5, 0.6) is 5.75 Å². The summed E-state index contributed by atoms with van der Waals surface area (Å²) >= 11 is 0. The van der Waals surface area contributed by atoms with E-state index < -0.39 is 0 Å². The second-order valence-corrected chi connectivity index (χ2v) is 5.57. The van der Waals surface area contributed by atoms with Gasteiger partial charge >= 0.3 is 0 Å². The molecule has 6 nitrogen and oxygen atoms in total. The molecule has 2 aromatic rings. The van der Waals surface area contributed by atoms with Crippen molar-refractivity contribution in [3.8, 4) is 5.75 Å². The number of nitrogens with two attached hydrogens (primary N) is 1. The molecule has 0 fully saturated rings. The van der Waals surface area contributed by atoms with Crippen molar-refractivity contribution < 1.29 is 14.3 Å². The first-order chi connectivity index (χ1) is 12.1. The van der Waals surface area contributed by atoms with E-state index in [4.69, 9.17) is 10.5 Å². The Hall–Kier alpha value is -2.86. The van der Waals surface area contributed by atoms with E-state index in [1.807, 2.05) is 30.3 Å². The predicted octanol–water partition coefficient (Wildman–Crippen LogP) is 2.55. The van der Waals surface area contributed by atoms with Crippen LogP contribution in [0.2, 0.25) is 0 Å². The van der Waals surface area contributed by atoms with Gasteiger partial charge in [-0.25, -0.2) is 0 Å². The molecule has 2 aromatic carbocycles. The summed E-state index contributed by atoms with van der Waals surface area (Å²) in [5.74, 6) is 0.260. The fourth-order valence-electron chi connectivity index (χ4n) is 2.35. The number of carbonyl (C=O) groups is 2. The van der Waals surface area contributed by atoms with Crippen LogP contribution in [0.25, 0.3) is 0 Å². The van der Waals surface area contributed by atoms with Crippen LogP contribution in [-0.2, 0) is 16.0 Å². The topological polar surface area (TPSA) is 93.5 Å². The van der Waals surface area contributed by atoms with Crippen LogP contribution in [0.3, 0.4) is 0 Å². The molecule has 0 bridgehead atoms. The lowest BCUT2D eigenvalue weighted by molar-refractivity contribution is -0.116. The summed E-state index contributed by atoms with van der Waals surface area (Å²) in [6.07, 6.45) is 1.23. The molecule has 0 heterocycles. The molecule has 25 heavy (non-hydrogen) atoms. The number of hydrogen-bond donors (Lipinski definition) is 3. The Labute approximate surface area is 147 Å². The number of methoxy groups -OCH3 is 1. The molecular weight excluding hydrogens is 318 g/mol. The summed E-state index contributed by atoms with van der Waals surface area (Å²) in [5, 5.41) is 5.62. The van der Waals surface area contributed by atoms with E-state index >= 15 is 0 Å². The third kappa shape index (κ3) is 5.93. The molecule has 2 rings (SSSR count). The van der Waals surface area contributed by atoms with Crippen LogP contribution in [0.1, 0.15) is 18.4 Å². The summed E-state index contributed by atoms with van der Waals surface area (Å²) in [6, 6.07) is 14.6. The summed E-state index contributed by atoms with van der Waals surface area (Å²) in [5.41, 5.74) is 7.46. The van der Waals surface area contributed by atoms with Crippen molar-refractivity contribution in [3.63, 3.8) is 0 Å². The van der Waals surface area contributed by atoms with Crippen LogP contribution >= 0.6 is 0 Å². The van der Waals surface area contributed by atoms with Crippen molar-refractivity contribution in [1.82, 2.24) is 0 Å². The van der Waals surface area contributed by atoms with Crippen LogP contribution in [0, 0.1) is 0 Å². The van der Waals surface area contributed by atoms with Gasteiger partial charge in [0.25, 0.3) is 0 Å². The number of ether oxygens (including phenoxy) is 1. The minimum Gasteiger partial charge on any atom is -0.495 e. The molecule has 0 saturated carbocycles. The minimum absolute atomic E-state index is 0.128. The van der Waals surface area contributed by atoms with Gasteiger partial charge in [0.1, 0.15) is 5.75 Å². The highest BCUT2D eigenvalue weighted by Crippen LogP contribution is 2.28. The van der Waals surface area contributed by atoms with Gasteiger partial charge in [-0.1, -0.05) is 30.3 Å². The number of anilines is 2. The highest BCUT2D eigenvalue weighted by Gasteiger charge is 2.10. The third-order valence-electron chi connectivity index (χ3n) is 3.57. The van der Waals surface area contributed by atoms with E-state index in [2.05, 4.69) is 10.6 Å². The molecule has 2 amide bonds. The van der Waals surface area contributed by atoms with Crippen LogP contribution in [0.4, 0.5) is 11.4 Å². The van der Waals surface area contributed by atoms with Crippen molar-refractivity contribution in [3.05, 3.63) is 54.1 Å². The van der Waals surface area contributed by atoms with Crippen molar-refractivity contribution >= 4 is 23.2 Å². The molecule has 0 aliphatic heterocycles. The summed E-state index contributed by atoms with van der Waals surface area (Å²) < 4.78 is 5.25. The average Bonchev–Trinajstić information content (AvgIpc) is 2.61. The van der Waals surface area contributed by atoms with E-state index in [1.165, 1.54) is 7.11 Å². The molecular formula is C19H23N3O3. The monoisotopic (exact) mass is 341 g/mol. The molecule has 0 spiro atoms. The van der Waals surface area contributed by atoms with Gasteiger partial charge in [0.05, 0.1) is 19.2 Å². The Bertz CT molecular complexity index is 717. The zero-order valence-corrected chi connectivity index (χ0v) is 14.2. The van der Waals surface area contributed by atoms with Gasteiger partial charge < -0.3 is 21.1 Å². The van der Waals surface area contributed by atoms with Gasteiger partial charge in [0.15, 0.2) is 0 Å².